The average molecular weight is 356 g/mol. The van der Waals surface area contributed by atoms with Crippen molar-refractivity contribution >= 4 is 40.2 Å². The zero-order valence-corrected chi connectivity index (χ0v) is 14.3. The van der Waals surface area contributed by atoms with E-state index in [0.717, 1.165) is 17.8 Å². The van der Waals surface area contributed by atoms with Crippen LogP contribution in [0.2, 0.25) is 5.02 Å². The van der Waals surface area contributed by atoms with E-state index in [1.54, 1.807) is 40.6 Å². The second-order valence-corrected chi connectivity index (χ2v) is 7.05. The van der Waals surface area contributed by atoms with E-state index in [4.69, 9.17) is 17.3 Å². The number of pyridine rings is 1. The topological polar surface area (TPSA) is 59.2 Å². The van der Waals surface area contributed by atoms with Crippen molar-refractivity contribution in [2.45, 2.75) is 13.0 Å². The van der Waals surface area contributed by atoms with E-state index in [0.29, 0.717) is 22.8 Å². The van der Waals surface area contributed by atoms with Gasteiger partial charge in [-0.25, -0.2) is 0 Å². The zero-order chi connectivity index (χ0) is 16.7. The lowest BCUT2D eigenvalue weighted by molar-refractivity contribution is 0.0985. The first-order chi connectivity index (χ1) is 11.6. The number of carbonyl (C=O) groups is 1. The SMILES string of the molecule is Nc1ccc(C(=O)N2Cc3sccc3Cc3ncccc32)c(Cl)c1. The molecule has 0 atom stereocenters. The lowest BCUT2D eigenvalue weighted by Gasteiger charge is -2.23. The van der Waals surface area contributed by atoms with Crippen LogP contribution in [0.15, 0.2) is 48.0 Å². The number of thiophene rings is 1. The molecular formula is C18H14ClN3OS. The number of fused-ring (bicyclic) bond motifs is 2. The highest BCUT2D eigenvalue weighted by Crippen LogP contribution is 2.33. The van der Waals surface area contributed by atoms with Gasteiger partial charge in [-0.05, 0) is 47.3 Å². The lowest BCUT2D eigenvalue weighted by atomic mass is 10.1. The molecule has 0 spiro atoms. The van der Waals surface area contributed by atoms with Crippen molar-refractivity contribution in [1.29, 1.82) is 0 Å². The number of anilines is 2. The summed E-state index contributed by atoms with van der Waals surface area (Å²) in [5, 5.41) is 2.42. The Morgan fingerprint density at radius 1 is 1.29 bits per heavy atom. The normalized spacial score (nSPS) is 13.1. The van der Waals surface area contributed by atoms with Gasteiger partial charge in [0.15, 0.2) is 0 Å². The minimum Gasteiger partial charge on any atom is -0.399 e. The Kier molecular flexibility index (Phi) is 3.75. The molecule has 1 amide bonds. The first kappa shape index (κ1) is 15.2. The summed E-state index contributed by atoms with van der Waals surface area (Å²) in [6.45, 7) is 0.519. The number of halogens is 1. The van der Waals surface area contributed by atoms with Crippen LogP contribution in [0.1, 0.15) is 26.5 Å². The molecule has 1 aromatic carbocycles. The lowest BCUT2D eigenvalue weighted by Crippen LogP contribution is -2.30. The highest BCUT2D eigenvalue weighted by Gasteiger charge is 2.27. The summed E-state index contributed by atoms with van der Waals surface area (Å²) in [6, 6.07) is 10.9. The maximum absolute atomic E-state index is 13.2. The Hall–Kier alpha value is -2.37. The number of hydrogen-bond acceptors (Lipinski definition) is 4. The molecule has 0 saturated carbocycles. The van der Waals surface area contributed by atoms with Crippen LogP contribution in [0.3, 0.4) is 0 Å². The summed E-state index contributed by atoms with van der Waals surface area (Å²) < 4.78 is 0. The van der Waals surface area contributed by atoms with Crippen LogP contribution in [0.4, 0.5) is 11.4 Å². The van der Waals surface area contributed by atoms with Crippen molar-refractivity contribution in [1.82, 2.24) is 4.98 Å². The summed E-state index contributed by atoms with van der Waals surface area (Å²) in [4.78, 5) is 20.6. The molecule has 0 radical (unpaired) electrons. The number of carbonyl (C=O) groups excluding carboxylic acids is 1. The van der Waals surface area contributed by atoms with E-state index in [2.05, 4.69) is 16.4 Å². The highest BCUT2D eigenvalue weighted by molar-refractivity contribution is 7.10. The number of nitrogens with two attached hydrogens (primary N) is 1. The molecule has 0 fully saturated rings. The number of rotatable bonds is 1. The summed E-state index contributed by atoms with van der Waals surface area (Å²) in [5.41, 5.74) is 9.67. The molecule has 120 valence electrons. The maximum Gasteiger partial charge on any atom is 0.260 e. The molecule has 1 aliphatic heterocycles. The number of amides is 1. The average Bonchev–Trinajstić information content (AvgIpc) is 2.93. The fourth-order valence-corrected chi connectivity index (χ4v) is 4.08. The van der Waals surface area contributed by atoms with Crippen molar-refractivity contribution in [2.24, 2.45) is 0 Å². The molecule has 2 N–H and O–H groups in total. The minimum absolute atomic E-state index is 0.143. The summed E-state index contributed by atoms with van der Waals surface area (Å²) in [7, 11) is 0. The zero-order valence-electron chi connectivity index (χ0n) is 12.7. The van der Waals surface area contributed by atoms with Crippen LogP contribution in [0.25, 0.3) is 0 Å². The van der Waals surface area contributed by atoms with Gasteiger partial charge in [-0.2, -0.15) is 0 Å². The van der Waals surface area contributed by atoms with Gasteiger partial charge < -0.3 is 10.6 Å². The molecule has 6 heteroatoms. The van der Waals surface area contributed by atoms with Crippen LogP contribution in [0.5, 0.6) is 0 Å². The van der Waals surface area contributed by atoms with Gasteiger partial charge in [0.2, 0.25) is 0 Å². The molecule has 0 aliphatic carbocycles. The van der Waals surface area contributed by atoms with Crippen molar-refractivity contribution in [3.8, 4) is 0 Å². The second kappa shape index (κ2) is 5.92. The molecule has 2 aromatic heterocycles. The Bertz CT molecular complexity index is 938. The first-order valence-electron chi connectivity index (χ1n) is 7.49. The van der Waals surface area contributed by atoms with Crippen molar-refractivity contribution in [2.75, 3.05) is 10.6 Å². The van der Waals surface area contributed by atoms with E-state index in [9.17, 15) is 4.79 Å². The molecule has 24 heavy (non-hydrogen) atoms. The van der Waals surface area contributed by atoms with Gasteiger partial charge in [0, 0.05) is 23.2 Å². The fourth-order valence-electron chi connectivity index (χ4n) is 2.92. The predicted molar refractivity (Wildman–Crippen MR) is 97.7 cm³/mol. The quantitative estimate of drug-likeness (QED) is 0.668. The third-order valence-corrected chi connectivity index (χ3v) is 5.38. The third-order valence-electron chi connectivity index (χ3n) is 4.12. The van der Waals surface area contributed by atoms with Crippen molar-refractivity contribution in [3.63, 3.8) is 0 Å². The molecule has 0 saturated heterocycles. The minimum atomic E-state index is -0.143. The summed E-state index contributed by atoms with van der Waals surface area (Å²) >= 11 is 7.91. The van der Waals surface area contributed by atoms with Gasteiger partial charge in [-0.15, -0.1) is 11.3 Å². The molecule has 0 bridgehead atoms. The van der Waals surface area contributed by atoms with E-state index in [1.165, 1.54) is 10.4 Å². The number of benzene rings is 1. The largest absolute Gasteiger partial charge is 0.399 e. The number of aromatic nitrogens is 1. The maximum atomic E-state index is 13.2. The van der Waals surface area contributed by atoms with Crippen LogP contribution >= 0.6 is 22.9 Å². The number of nitrogen functional groups attached to an aromatic ring is 1. The smallest absolute Gasteiger partial charge is 0.260 e. The van der Waals surface area contributed by atoms with E-state index in [-0.39, 0.29) is 5.91 Å². The van der Waals surface area contributed by atoms with E-state index >= 15 is 0 Å². The van der Waals surface area contributed by atoms with E-state index < -0.39 is 0 Å². The molecule has 4 nitrogen and oxygen atoms in total. The second-order valence-electron chi connectivity index (χ2n) is 5.65. The van der Waals surface area contributed by atoms with Crippen molar-refractivity contribution < 1.29 is 4.79 Å². The Labute approximate surface area is 148 Å². The molecule has 3 aromatic rings. The summed E-state index contributed by atoms with van der Waals surface area (Å²) in [5.74, 6) is -0.143. The van der Waals surface area contributed by atoms with Crippen LogP contribution in [-0.4, -0.2) is 10.9 Å². The van der Waals surface area contributed by atoms with Crippen LogP contribution in [-0.2, 0) is 13.0 Å². The van der Waals surface area contributed by atoms with Gasteiger partial charge in [0.1, 0.15) is 0 Å². The number of hydrogen-bond donors (Lipinski definition) is 1. The van der Waals surface area contributed by atoms with Gasteiger partial charge in [0.05, 0.1) is 28.5 Å². The molecule has 0 unspecified atom stereocenters. The van der Waals surface area contributed by atoms with Crippen LogP contribution in [0, 0.1) is 0 Å². The summed E-state index contributed by atoms with van der Waals surface area (Å²) in [6.07, 6.45) is 2.49. The van der Waals surface area contributed by atoms with Crippen LogP contribution < -0.4 is 10.6 Å². The van der Waals surface area contributed by atoms with E-state index in [1.807, 2.05) is 12.1 Å². The van der Waals surface area contributed by atoms with Gasteiger partial charge >= 0.3 is 0 Å². The molecule has 1 aliphatic rings. The molecular weight excluding hydrogens is 342 g/mol. The molecule has 4 rings (SSSR count). The Morgan fingerprint density at radius 2 is 2.17 bits per heavy atom. The van der Waals surface area contributed by atoms with Crippen molar-refractivity contribution in [3.05, 3.63) is 74.7 Å². The monoisotopic (exact) mass is 355 g/mol. The highest BCUT2D eigenvalue weighted by atomic mass is 35.5. The number of nitrogens with zero attached hydrogens (tertiary/aromatic N) is 2. The molecule has 3 heterocycles. The van der Waals surface area contributed by atoms with Gasteiger partial charge in [-0.1, -0.05) is 11.6 Å². The Morgan fingerprint density at radius 3 is 3.00 bits per heavy atom. The first-order valence-corrected chi connectivity index (χ1v) is 8.75. The Balaban J connectivity index is 1.83. The predicted octanol–water partition coefficient (Wildman–Crippen LogP) is 4.13. The standard InChI is InChI=1S/C18H14ClN3OS/c19-14-9-12(20)3-4-13(14)18(23)22-10-17-11(5-7-24-17)8-15-16(22)2-1-6-21-15/h1-7,9H,8,10,20H2. The van der Waals surface area contributed by atoms with Gasteiger partial charge in [-0.3, -0.25) is 9.78 Å². The third kappa shape index (κ3) is 2.56. The van der Waals surface area contributed by atoms with Gasteiger partial charge in [0.25, 0.3) is 5.91 Å². The fraction of sp³-hybridized carbons (Fsp3) is 0.111.